The average Bonchev–Trinajstić information content (AvgIpc) is 2.52. The van der Waals surface area contributed by atoms with Crippen LogP contribution in [0, 0.1) is 0 Å². The highest BCUT2D eigenvalue weighted by molar-refractivity contribution is 5.39. The van der Waals surface area contributed by atoms with Gasteiger partial charge in [0.05, 0.1) is 25.4 Å². The zero-order valence-electron chi connectivity index (χ0n) is 13.3. The Morgan fingerprint density at radius 3 is 2.81 bits per heavy atom. The van der Waals surface area contributed by atoms with Crippen molar-refractivity contribution in [1.82, 2.24) is 15.0 Å². The molecule has 1 saturated heterocycles. The third-order valence-electron chi connectivity index (χ3n) is 3.46. The quantitative estimate of drug-likeness (QED) is 0.856. The number of rotatable bonds is 6. The fraction of sp³-hybridized carbons (Fsp3) is 0.786. The number of aromatic nitrogens is 3. The number of nitrogens with zero attached hydrogens (tertiary/aromatic N) is 4. The molecular weight excluding hydrogens is 270 g/mol. The van der Waals surface area contributed by atoms with Crippen molar-refractivity contribution in [3.05, 3.63) is 0 Å². The predicted molar refractivity (Wildman–Crippen MR) is 82.0 cm³/mol. The van der Waals surface area contributed by atoms with E-state index < -0.39 is 0 Å². The molecule has 2 atom stereocenters. The maximum absolute atomic E-state index is 5.73. The summed E-state index contributed by atoms with van der Waals surface area (Å²) in [5.41, 5.74) is 0. The molecule has 0 aromatic carbocycles. The van der Waals surface area contributed by atoms with Gasteiger partial charge in [0.2, 0.25) is 11.9 Å². The SMILES string of the molecule is CCCOc1nc(NC)nc(N2CC(C)OCC2CC)n1. The van der Waals surface area contributed by atoms with Gasteiger partial charge in [-0.25, -0.2) is 0 Å². The van der Waals surface area contributed by atoms with E-state index in [4.69, 9.17) is 9.47 Å². The first kappa shape index (κ1) is 15.8. The molecule has 0 amide bonds. The van der Waals surface area contributed by atoms with Gasteiger partial charge in [0.1, 0.15) is 0 Å². The van der Waals surface area contributed by atoms with Gasteiger partial charge in [-0.1, -0.05) is 13.8 Å². The van der Waals surface area contributed by atoms with E-state index >= 15 is 0 Å². The van der Waals surface area contributed by atoms with E-state index in [2.05, 4.69) is 45.9 Å². The molecule has 0 saturated carbocycles. The van der Waals surface area contributed by atoms with E-state index in [0.717, 1.165) is 19.4 Å². The molecule has 1 fully saturated rings. The Morgan fingerprint density at radius 2 is 2.14 bits per heavy atom. The summed E-state index contributed by atoms with van der Waals surface area (Å²) in [6.07, 6.45) is 2.07. The summed E-state index contributed by atoms with van der Waals surface area (Å²) in [5.74, 6) is 1.18. The van der Waals surface area contributed by atoms with Gasteiger partial charge < -0.3 is 19.7 Å². The lowest BCUT2D eigenvalue weighted by molar-refractivity contribution is 0.0292. The fourth-order valence-corrected chi connectivity index (χ4v) is 2.27. The molecule has 7 nitrogen and oxygen atoms in total. The van der Waals surface area contributed by atoms with Crippen molar-refractivity contribution >= 4 is 11.9 Å². The first-order valence-electron chi connectivity index (χ1n) is 7.62. The van der Waals surface area contributed by atoms with Crippen molar-refractivity contribution in [2.45, 2.75) is 45.8 Å². The van der Waals surface area contributed by atoms with Crippen LogP contribution in [0.5, 0.6) is 6.01 Å². The number of hydrogen-bond acceptors (Lipinski definition) is 7. The van der Waals surface area contributed by atoms with Crippen molar-refractivity contribution in [2.24, 2.45) is 0 Å². The monoisotopic (exact) mass is 295 g/mol. The Labute approximate surface area is 126 Å². The van der Waals surface area contributed by atoms with E-state index in [1.807, 2.05) is 0 Å². The summed E-state index contributed by atoms with van der Waals surface area (Å²) in [7, 11) is 1.79. The molecule has 0 bridgehead atoms. The molecule has 0 aliphatic carbocycles. The first-order valence-corrected chi connectivity index (χ1v) is 7.62. The van der Waals surface area contributed by atoms with Gasteiger partial charge in [-0.05, 0) is 19.8 Å². The van der Waals surface area contributed by atoms with Crippen molar-refractivity contribution in [2.75, 3.05) is 37.0 Å². The van der Waals surface area contributed by atoms with Gasteiger partial charge in [-0.2, -0.15) is 15.0 Å². The van der Waals surface area contributed by atoms with Crippen LogP contribution in [-0.4, -0.2) is 53.9 Å². The van der Waals surface area contributed by atoms with Gasteiger partial charge in [0, 0.05) is 13.6 Å². The van der Waals surface area contributed by atoms with Crippen LogP contribution in [-0.2, 0) is 4.74 Å². The van der Waals surface area contributed by atoms with E-state index in [1.165, 1.54) is 0 Å². The number of nitrogens with one attached hydrogen (secondary N) is 1. The molecule has 2 unspecified atom stereocenters. The van der Waals surface area contributed by atoms with Gasteiger partial charge in [-0.15, -0.1) is 0 Å². The molecule has 2 rings (SSSR count). The van der Waals surface area contributed by atoms with Crippen LogP contribution in [0.15, 0.2) is 0 Å². The van der Waals surface area contributed by atoms with Crippen LogP contribution in [0.1, 0.15) is 33.6 Å². The predicted octanol–water partition coefficient (Wildman–Crippen LogP) is 1.71. The maximum atomic E-state index is 5.73. The van der Waals surface area contributed by atoms with E-state index in [9.17, 15) is 0 Å². The minimum Gasteiger partial charge on any atom is -0.463 e. The molecule has 7 heteroatoms. The highest BCUT2D eigenvalue weighted by Crippen LogP contribution is 2.22. The zero-order chi connectivity index (χ0) is 15.2. The molecule has 1 aromatic heterocycles. The highest BCUT2D eigenvalue weighted by atomic mass is 16.5. The van der Waals surface area contributed by atoms with Crippen LogP contribution in [0.4, 0.5) is 11.9 Å². The molecule has 2 heterocycles. The van der Waals surface area contributed by atoms with Crippen molar-refractivity contribution in [1.29, 1.82) is 0 Å². The summed E-state index contributed by atoms with van der Waals surface area (Å²) in [5, 5.41) is 2.97. The Balaban J connectivity index is 2.26. The molecule has 21 heavy (non-hydrogen) atoms. The summed E-state index contributed by atoms with van der Waals surface area (Å²) in [6, 6.07) is 0.660. The minimum absolute atomic E-state index is 0.169. The molecule has 118 valence electrons. The Hall–Kier alpha value is -1.63. The van der Waals surface area contributed by atoms with Gasteiger partial charge in [0.15, 0.2) is 0 Å². The Bertz CT molecular complexity index is 457. The number of anilines is 2. The normalized spacial score (nSPS) is 22.2. The molecule has 0 spiro atoms. The third kappa shape index (κ3) is 3.93. The lowest BCUT2D eigenvalue weighted by Gasteiger charge is -2.38. The van der Waals surface area contributed by atoms with Crippen molar-refractivity contribution < 1.29 is 9.47 Å². The second kappa shape index (κ2) is 7.40. The van der Waals surface area contributed by atoms with E-state index in [1.54, 1.807) is 7.05 Å². The maximum Gasteiger partial charge on any atom is 0.323 e. The molecule has 1 N–H and O–H groups in total. The van der Waals surface area contributed by atoms with Crippen LogP contribution in [0.2, 0.25) is 0 Å². The van der Waals surface area contributed by atoms with Crippen LogP contribution in [0.3, 0.4) is 0 Å². The van der Waals surface area contributed by atoms with Crippen molar-refractivity contribution in [3.63, 3.8) is 0 Å². The van der Waals surface area contributed by atoms with E-state index in [0.29, 0.717) is 31.1 Å². The molecule has 1 aliphatic heterocycles. The second-order valence-electron chi connectivity index (χ2n) is 5.20. The zero-order valence-corrected chi connectivity index (χ0v) is 13.3. The summed E-state index contributed by atoms with van der Waals surface area (Å²) < 4.78 is 11.3. The lowest BCUT2D eigenvalue weighted by Crippen LogP contribution is -2.49. The van der Waals surface area contributed by atoms with Gasteiger partial charge in [-0.3, -0.25) is 0 Å². The van der Waals surface area contributed by atoms with E-state index in [-0.39, 0.29) is 12.1 Å². The molecule has 0 radical (unpaired) electrons. The molecular formula is C14H25N5O2. The largest absolute Gasteiger partial charge is 0.463 e. The van der Waals surface area contributed by atoms with Crippen molar-refractivity contribution in [3.8, 4) is 6.01 Å². The van der Waals surface area contributed by atoms with Crippen LogP contribution < -0.4 is 15.0 Å². The number of hydrogen-bond donors (Lipinski definition) is 1. The highest BCUT2D eigenvalue weighted by Gasteiger charge is 2.28. The topological polar surface area (TPSA) is 72.4 Å². The molecule has 1 aliphatic rings. The lowest BCUT2D eigenvalue weighted by atomic mass is 10.1. The average molecular weight is 295 g/mol. The van der Waals surface area contributed by atoms with Crippen LogP contribution >= 0.6 is 0 Å². The number of ether oxygens (including phenoxy) is 2. The standard InChI is InChI=1S/C14H25N5O2/c1-5-7-20-14-17-12(15-4)16-13(18-14)19-8-10(3)21-9-11(19)6-2/h10-11H,5-9H2,1-4H3,(H,15,16,17,18). The third-order valence-corrected chi connectivity index (χ3v) is 3.46. The van der Waals surface area contributed by atoms with Crippen LogP contribution in [0.25, 0.3) is 0 Å². The summed E-state index contributed by atoms with van der Waals surface area (Å²) in [6.45, 7) is 8.34. The summed E-state index contributed by atoms with van der Waals surface area (Å²) >= 11 is 0. The Kier molecular flexibility index (Phi) is 5.55. The van der Waals surface area contributed by atoms with Gasteiger partial charge >= 0.3 is 6.01 Å². The number of morpholine rings is 1. The minimum atomic E-state index is 0.169. The summed E-state index contributed by atoms with van der Waals surface area (Å²) in [4.78, 5) is 15.4. The molecule has 1 aromatic rings. The Morgan fingerprint density at radius 1 is 1.33 bits per heavy atom. The fourth-order valence-electron chi connectivity index (χ4n) is 2.27. The smallest absolute Gasteiger partial charge is 0.323 e. The first-order chi connectivity index (χ1) is 10.2. The van der Waals surface area contributed by atoms with Gasteiger partial charge in [0.25, 0.3) is 0 Å². The second-order valence-corrected chi connectivity index (χ2v) is 5.20.